The topological polar surface area (TPSA) is 82.6 Å². The Morgan fingerprint density at radius 3 is 2.58 bits per heavy atom. The van der Waals surface area contributed by atoms with E-state index >= 15 is 0 Å². The van der Waals surface area contributed by atoms with Crippen LogP contribution in [0, 0.1) is 0 Å². The summed E-state index contributed by atoms with van der Waals surface area (Å²) >= 11 is 0. The SMILES string of the molecule is CCNC(=O)NC1N=C(c2ccccc2)c2ccccc2NC1=O. The first kappa shape index (κ1) is 15.7. The van der Waals surface area contributed by atoms with Gasteiger partial charge >= 0.3 is 6.03 Å². The van der Waals surface area contributed by atoms with Gasteiger partial charge in [0.25, 0.3) is 5.91 Å². The van der Waals surface area contributed by atoms with Crippen molar-refractivity contribution in [1.82, 2.24) is 10.6 Å². The summed E-state index contributed by atoms with van der Waals surface area (Å²) < 4.78 is 0. The molecule has 3 rings (SSSR count). The zero-order valence-electron chi connectivity index (χ0n) is 13.2. The summed E-state index contributed by atoms with van der Waals surface area (Å²) in [6.07, 6.45) is -1.00. The van der Waals surface area contributed by atoms with E-state index in [-0.39, 0.29) is 5.91 Å². The van der Waals surface area contributed by atoms with Crippen LogP contribution in [0.2, 0.25) is 0 Å². The van der Waals surface area contributed by atoms with Gasteiger partial charge in [-0.3, -0.25) is 4.79 Å². The molecule has 2 aromatic rings. The average molecular weight is 322 g/mol. The molecule has 1 aliphatic rings. The van der Waals surface area contributed by atoms with Crippen LogP contribution < -0.4 is 16.0 Å². The highest BCUT2D eigenvalue weighted by Gasteiger charge is 2.26. The van der Waals surface area contributed by atoms with Gasteiger partial charge in [0.15, 0.2) is 0 Å². The third-order valence-electron chi connectivity index (χ3n) is 3.60. The van der Waals surface area contributed by atoms with Crippen LogP contribution in [-0.2, 0) is 4.79 Å². The molecule has 1 aliphatic heterocycles. The van der Waals surface area contributed by atoms with Crippen LogP contribution in [0.3, 0.4) is 0 Å². The van der Waals surface area contributed by atoms with E-state index in [9.17, 15) is 9.59 Å². The first-order chi connectivity index (χ1) is 11.7. The van der Waals surface area contributed by atoms with E-state index in [0.29, 0.717) is 17.9 Å². The van der Waals surface area contributed by atoms with E-state index in [4.69, 9.17) is 0 Å². The molecule has 0 aliphatic carbocycles. The third-order valence-corrected chi connectivity index (χ3v) is 3.60. The molecule has 122 valence electrons. The zero-order valence-corrected chi connectivity index (χ0v) is 13.2. The van der Waals surface area contributed by atoms with Gasteiger partial charge in [-0.15, -0.1) is 0 Å². The van der Waals surface area contributed by atoms with E-state index in [1.807, 2.05) is 54.6 Å². The lowest BCUT2D eigenvalue weighted by Gasteiger charge is -2.13. The van der Waals surface area contributed by atoms with E-state index in [0.717, 1.165) is 11.1 Å². The van der Waals surface area contributed by atoms with Crippen LogP contribution in [0.4, 0.5) is 10.5 Å². The van der Waals surface area contributed by atoms with Crippen molar-refractivity contribution < 1.29 is 9.59 Å². The van der Waals surface area contributed by atoms with Crippen molar-refractivity contribution in [3.8, 4) is 0 Å². The highest BCUT2D eigenvalue weighted by Crippen LogP contribution is 2.23. The number of urea groups is 1. The molecule has 6 heteroatoms. The molecule has 6 nitrogen and oxygen atoms in total. The number of carbonyl (C=O) groups is 2. The highest BCUT2D eigenvalue weighted by atomic mass is 16.2. The molecule has 0 saturated carbocycles. The summed E-state index contributed by atoms with van der Waals surface area (Å²) in [6, 6.07) is 16.6. The number of anilines is 1. The standard InChI is InChI=1S/C18H18N4O2/c1-2-19-18(24)22-16-17(23)20-14-11-7-6-10-13(14)15(21-16)12-8-4-3-5-9-12/h3-11,16H,2H2,1H3,(H,20,23)(H2,19,22,24). The van der Waals surface area contributed by atoms with E-state index in [2.05, 4.69) is 20.9 Å². The van der Waals surface area contributed by atoms with Gasteiger partial charge in [-0.25, -0.2) is 9.79 Å². The maximum Gasteiger partial charge on any atom is 0.316 e. The maximum atomic E-state index is 12.4. The Kier molecular flexibility index (Phi) is 4.56. The molecule has 1 atom stereocenters. The van der Waals surface area contributed by atoms with Gasteiger partial charge in [-0.1, -0.05) is 48.5 Å². The average Bonchev–Trinajstić information content (AvgIpc) is 2.73. The van der Waals surface area contributed by atoms with Crippen molar-refractivity contribution in [3.05, 3.63) is 65.7 Å². The van der Waals surface area contributed by atoms with Crippen LogP contribution in [0.25, 0.3) is 0 Å². The van der Waals surface area contributed by atoms with Gasteiger partial charge in [0.05, 0.1) is 11.4 Å². The maximum absolute atomic E-state index is 12.4. The Morgan fingerprint density at radius 2 is 1.83 bits per heavy atom. The number of hydrogen-bond acceptors (Lipinski definition) is 3. The zero-order chi connectivity index (χ0) is 16.9. The van der Waals surface area contributed by atoms with Crippen molar-refractivity contribution in [2.75, 3.05) is 11.9 Å². The van der Waals surface area contributed by atoms with E-state index < -0.39 is 12.2 Å². The number of para-hydroxylation sites is 1. The summed E-state index contributed by atoms with van der Waals surface area (Å²) in [5.41, 5.74) is 3.03. The summed E-state index contributed by atoms with van der Waals surface area (Å²) in [6.45, 7) is 2.27. The predicted molar refractivity (Wildman–Crippen MR) is 93.1 cm³/mol. The minimum atomic E-state index is -1.00. The smallest absolute Gasteiger partial charge is 0.316 e. The second-order valence-corrected chi connectivity index (χ2v) is 5.28. The summed E-state index contributed by atoms with van der Waals surface area (Å²) in [4.78, 5) is 28.8. The number of fused-ring (bicyclic) bond motifs is 1. The van der Waals surface area contributed by atoms with Crippen LogP contribution in [0.5, 0.6) is 0 Å². The van der Waals surface area contributed by atoms with Crippen molar-refractivity contribution in [3.63, 3.8) is 0 Å². The number of carbonyl (C=O) groups excluding carboxylic acids is 2. The van der Waals surface area contributed by atoms with Crippen molar-refractivity contribution >= 4 is 23.3 Å². The number of amides is 3. The molecule has 2 aromatic carbocycles. The second-order valence-electron chi connectivity index (χ2n) is 5.28. The van der Waals surface area contributed by atoms with Crippen molar-refractivity contribution in [2.45, 2.75) is 13.1 Å². The number of benzodiazepines with no additional fused rings is 1. The fourth-order valence-electron chi connectivity index (χ4n) is 2.52. The van der Waals surface area contributed by atoms with Crippen molar-refractivity contribution in [1.29, 1.82) is 0 Å². The normalized spacial score (nSPS) is 16.3. The minimum absolute atomic E-state index is 0.375. The molecule has 0 aromatic heterocycles. The molecule has 0 saturated heterocycles. The Balaban J connectivity index is 2.05. The monoisotopic (exact) mass is 322 g/mol. The molecule has 3 N–H and O–H groups in total. The molecule has 0 bridgehead atoms. The predicted octanol–water partition coefficient (Wildman–Crippen LogP) is 2.12. The quantitative estimate of drug-likeness (QED) is 0.809. The largest absolute Gasteiger partial charge is 0.338 e. The van der Waals surface area contributed by atoms with E-state index in [1.54, 1.807) is 6.92 Å². The van der Waals surface area contributed by atoms with E-state index in [1.165, 1.54) is 0 Å². The van der Waals surface area contributed by atoms with Crippen LogP contribution in [0.15, 0.2) is 59.6 Å². The van der Waals surface area contributed by atoms with Gasteiger partial charge in [0.1, 0.15) is 0 Å². The first-order valence-corrected chi connectivity index (χ1v) is 7.77. The molecule has 1 unspecified atom stereocenters. The fraction of sp³-hybridized carbons (Fsp3) is 0.167. The van der Waals surface area contributed by atoms with Gasteiger partial charge in [0, 0.05) is 17.7 Å². The lowest BCUT2D eigenvalue weighted by molar-refractivity contribution is -0.117. The number of hydrogen-bond donors (Lipinski definition) is 3. The molecule has 1 heterocycles. The lowest BCUT2D eigenvalue weighted by atomic mass is 10.0. The minimum Gasteiger partial charge on any atom is -0.338 e. The van der Waals surface area contributed by atoms with Gasteiger partial charge in [-0.05, 0) is 13.0 Å². The molecule has 0 spiro atoms. The second kappa shape index (κ2) is 6.95. The number of aliphatic imine (C=N–C) groups is 1. The van der Waals surface area contributed by atoms with Gasteiger partial charge in [-0.2, -0.15) is 0 Å². The Morgan fingerprint density at radius 1 is 1.12 bits per heavy atom. The molecule has 24 heavy (non-hydrogen) atoms. The number of rotatable bonds is 3. The van der Waals surface area contributed by atoms with Crippen LogP contribution >= 0.6 is 0 Å². The van der Waals surface area contributed by atoms with Crippen LogP contribution in [-0.4, -0.2) is 30.4 Å². The van der Waals surface area contributed by atoms with Crippen molar-refractivity contribution in [2.24, 2.45) is 4.99 Å². The number of benzene rings is 2. The molecule has 3 amide bonds. The summed E-state index contributed by atoms with van der Waals surface area (Å²) in [7, 11) is 0. The highest BCUT2D eigenvalue weighted by molar-refractivity contribution is 6.19. The molecular formula is C18H18N4O2. The number of nitrogens with one attached hydrogen (secondary N) is 3. The third kappa shape index (κ3) is 3.27. The van der Waals surface area contributed by atoms with Crippen LogP contribution in [0.1, 0.15) is 18.1 Å². The fourth-order valence-corrected chi connectivity index (χ4v) is 2.52. The van der Waals surface area contributed by atoms with Gasteiger partial charge in [0.2, 0.25) is 6.17 Å². The molecular weight excluding hydrogens is 304 g/mol. The lowest BCUT2D eigenvalue weighted by Crippen LogP contribution is -2.46. The Hall–Kier alpha value is -3.15. The Labute approximate surface area is 140 Å². The summed E-state index contributed by atoms with van der Waals surface area (Å²) in [5, 5.41) is 8.03. The summed E-state index contributed by atoms with van der Waals surface area (Å²) in [5.74, 6) is -0.375. The number of nitrogens with zero attached hydrogens (tertiary/aromatic N) is 1. The Bertz CT molecular complexity index is 787. The van der Waals surface area contributed by atoms with Gasteiger partial charge < -0.3 is 16.0 Å². The molecule has 0 fully saturated rings. The molecule has 0 radical (unpaired) electrons. The first-order valence-electron chi connectivity index (χ1n) is 7.77.